The average Bonchev–Trinajstić information content (AvgIpc) is 2.84. The van der Waals surface area contributed by atoms with Crippen LogP contribution in [-0.2, 0) is 19.6 Å². The molecule has 33 heavy (non-hydrogen) atoms. The van der Waals surface area contributed by atoms with E-state index in [-0.39, 0.29) is 48.7 Å². The van der Waals surface area contributed by atoms with E-state index in [9.17, 15) is 18.0 Å². The molecule has 1 aliphatic rings. The molecule has 0 spiro atoms. The van der Waals surface area contributed by atoms with Crippen molar-refractivity contribution in [2.45, 2.75) is 24.2 Å². The highest BCUT2D eigenvalue weighted by atomic mass is 32.2. The molecule has 1 aliphatic heterocycles. The summed E-state index contributed by atoms with van der Waals surface area (Å²) < 4.78 is 37.2. The Kier molecular flexibility index (Phi) is 8.29. The fraction of sp³-hybridized carbons (Fsp3) is 0.391. The third-order valence-corrected chi connectivity index (χ3v) is 7.44. The predicted octanol–water partition coefficient (Wildman–Crippen LogP) is 2.25. The van der Waals surface area contributed by atoms with Crippen molar-refractivity contribution >= 4 is 27.5 Å². The molecule has 1 heterocycles. The van der Waals surface area contributed by atoms with Gasteiger partial charge in [0.15, 0.2) is 11.5 Å². The average molecular weight is 476 g/mol. The summed E-state index contributed by atoms with van der Waals surface area (Å²) in [6.07, 6.45) is 0.993. The van der Waals surface area contributed by atoms with Crippen LogP contribution in [0.25, 0.3) is 0 Å². The van der Waals surface area contributed by atoms with Gasteiger partial charge in [-0.1, -0.05) is 18.2 Å². The van der Waals surface area contributed by atoms with Crippen molar-refractivity contribution in [2.75, 3.05) is 39.2 Å². The van der Waals surface area contributed by atoms with Crippen LogP contribution in [-0.4, -0.2) is 58.4 Å². The molecule has 0 unspecified atom stereocenters. The number of nitrogens with one attached hydrogen (secondary N) is 2. The molecule has 9 nitrogen and oxygen atoms in total. The number of benzene rings is 2. The molecule has 1 saturated heterocycles. The minimum absolute atomic E-state index is 0.112. The summed E-state index contributed by atoms with van der Waals surface area (Å²) in [4.78, 5) is 24.9. The number of nitrogens with zero attached hydrogens (tertiary/aromatic N) is 1. The number of rotatable bonds is 9. The topological polar surface area (TPSA) is 114 Å². The molecule has 10 heteroatoms. The van der Waals surface area contributed by atoms with Gasteiger partial charge in [0, 0.05) is 43.7 Å². The van der Waals surface area contributed by atoms with Gasteiger partial charge in [-0.25, -0.2) is 8.42 Å². The number of hydrogen-bond donors (Lipinski definition) is 2. The summed E-state index contributed by atoms with van der Waals surface area (Å²) in [5.41, 5.74) is 0.566. The highest BCUT2D eigenvalue weighted by molar-refractivity contribution is 7.89. The van der Waals surface area contributed by atoms with Crippen LogP contribution in [0.3, 0.4) is 0 Å². The number of amides is 2. The number of ether oxygens (including phenoxy) is 2. The maximum absolute atomic E-state index is 12.7. The Labute approximate surface area is 194 Å². The summed E-state index contributed by atoms with van der Waals surface area (Å²) in [5, 5.41) is 5.54. The van der Waals surface area contributed by atoms with E-state index in [1.165, 1.54) is 18.5 Å². The van der Waals surface area contributed by atoms with Gasteiger partial charge in [-0.15, -0.1) is 0 Å². The van der Waals surface area contributed by atoms with Crippen LogP contribution in [0.1, 0.15) is 19.3 Å². The van der Waals surface area contributed by atoms with Crippen molar-refractivity contribution in [1.29, 1.82) is 0 Å². The van der Waals surface area contributed by atoms with Gasteiger partial charge in [0.25, 0.3) is 0 Å². The van der Waals surface area contributed by atoms with Gasteiger partial charge >= 0.3 is 0 Å². The Morgan fingerprint density at radius 1 is 1.00 bits per heavy atom. The highest BCUT2D eigenvalue weighted by Crippen LogP contribution is 2.29. The lowest BCUT2D eigenvalue weighted by Crippen LogP contribution is -2.43. The lowest BCUT2D eigenvalue weighted by atomic mass is 9.97. The molecule has 2 amide bonds. The Morgan fingerprint density at radius 2 is 1.67 bits per heavy atom. The van der Waals surface area contributed by atoms with Crippen LogP contribution >= 0.6 is 0 Å². The van der Waals surface area contributed by atoms with Crippen molar-refractivity contribution in [3.05, 3.63) is 48.5 Å². The first-order valence-electron chi connectivity index (χ1n) is 10.7. The van der Waals surface area contributed by atoms with E-state index in [0.717, 1.165) is 0 Å². The number of sulfonamides is 1. The van der Waals surface area contributed by atoms with E-state index in [4.69, 9.17) is 9.47 Å². The molecule has 0 radical (unpaired) electrons. The molecule has 3 rings (SSSR count). The maximum Gasteiger partial charge on any atom is 0.243 e. The van der Waals surface area contributed by atoms with Gasteiger partial charge in [-0.2, -0.15) is 4.31 Å². The molecule has 0 saturated carbocycles. The molecule has 2 N–H and O–H groups in total. The van der Waals surface area contributed by atoms with Crippen molar-refractivity contribution in [2.24, 2.45) is 5.92 Å². The number of carbonyl (C=O) groups is 2. The zero-order valence-electron chi connectivity index (χ0n) is 18.7. The van der Waals surface area contributed by atoms with Crippen molar-refractivity contribution < 1.29 is 27.5 Å². The van der Waals surface area contributed by atoms with Gasteiger partial charge < -0.3 is 20.1 Å². The van der Waals surface area contributed by atoms with E-state index < -0.39 is 10.0 Å². The smallest absolute Gasteiger partial charge is 0.243 e. The van der Waals surface area contributed by atoms with E-state index in [0.29, 0.717) is 30.0 Å². The molecule has 178 valence electrons. The summed E-state index contributed by atoms with van der Waals surface area (Å²) in [6, 6.07) is 13.3. The van der Waals surface area contributed by atoms with E-state index in [2.05, 4.69) is 10.6 Å². The highest BCUT2D eigenvalue weighted by Gasteiger charge is 2.31. The number of anilines is 1. The third-order valence-electron chi connectivity index (χ3n) is 5.52. The fourth-order valence-electron chi connectivity index (χ4n) is 3.68. The van der Waals surface area contributed by atoms with Crippen molar-refractivity contribution in [1.82, 2.24) is 9.62 Å². The molecule has 2 aromatic rings. The standard InChI is InChI=1S/C23H29N3O6S/c1-31-20-9-8-18(16-21(20)32-2)25-22(27)10-13-24-23(28)17-11-14-26(15-12-17)33(29,30)19-6-4-3-5-7-19/h3-9,16-17H,10-15H2,1-2H3,(H,24,28)(H,25,27). The summed E-state index contributed by atoms with van der Waals surface area (Å²) in [7, 11) is -0.500. The zero-order valence-corrected chi connectivity index (χ0v) is 19.6. The van der Waals surface area contributed by atoms with Gasteiger partial charge in [-0.05, 0) is 37.1 Å². The van der Waals surface area contributed by atoms with Crippen LogP contribution in [0, 0.1) is 5.92 Å². The Hall–Kier alpha value is -3.11. The van der Waals surface area contributed by atoms with Crippen molar-refractivity contribution in [3.8, 4) is 11.5 Å². The second-order valence-corrected chi connectivity index (χ2v) is 9.59. The number of piperidine rings is 1. The van der Waals surface area contributed by atoms with Crippen molar-refractivity contribution in [3.63, 3.8) is 0 Å². The minimum atomic E-state index is -3.55. The van der Waals surface area contributed by atoms with Crippen LogP contribution in [0.4, 0.5) is 5.69 Å². The Balaban J connectivity index is 1.42. The molecule has 0 aliphatic carbocycles. The van der Waals surface area contributed by atoms with Crippen LogP contribution in [0.2, 0.25) is 0 Å². The first-order valence-corrected chi connectivity index (χ1v) is 12.1. The normalized spacial score (nSPS) is 15.0. The summed E-state index contributed by atoms with van der Waals surface area (Å²) in [5.74, 6) is 0.382. The molecule has 1 fully saturated rings. The lowest BCUT2D eigenvalue weighted by molar-refractivity contribution is -0.126. The monoisotopic (exact) mass is 475 g/mol. The molecule has 0 bridgehead atoms. The first kappa shape index (κ1) is 24.5. The Morgan fingerprint density at radius 3 is 2.30 bits per heavy atom. The quantitative estimate of drug-likeness (QED) is 0.575. The van der Waals surface area contributed by atoms with Gasteiger partial charge in [0.2, 0.25) is 21.8 Å². The summed E-state index contributed by atoms with van der Waals surface area (Å²) >= 11 is 0. The Bertz CT molecular complexity index is 1070. The molecule has 0 atom stereocenters. The zero-order chi connectivity index (χ0) is 23.8. The molecular weight excluding hydrogens is 446 g/mol. The van der Waals surface area contributed by atoms with Gasteiger partial charge in [-0.3, -0.25) is 9.59 Å². The second-order valence-electron chi connectivity index (χ2n) is 7.65. The second kappa shape index (κ2) is 11.2. The van der Waals surface area contributed by atoms with Crippen LogP contribution < -0.4 is 20.1 Å². The van der Waals surface area contributed by atoms with Crippen LogP contribution in [0.15, 0.2) is 53.4 Å². The largest absolute Gasteiger partial charge is 0.493 e. The van der Waals surface area contributed by atoms with E-state index >= 15 is 0 Å². The predicted molar refractivity (Wildman–Crippen MR) is 124 cm³/mol. The van der Waals surface area contributed by atoms with Crippen LogP contribution in [0.5, 0.6) is 11.5 Å². The number of methoxy groups -OCH3 is 2. The minimum Gasteiger partial charge on any atom is -0.493 e. The molecule has 0 aromatic heterocycles. The number of carbonyl (C=O) groups excluding carboxylic acids is 2. The molecular formula is C23H29N3O6S. The van der Waals surface area contributed by atoms with Gasteiger partial charge in [0.1, 0.15) is 0 Å². The maximum atomic E-state index is 12.7. The molecule has 2 aromatic carbocycles. The van der Waals surface area contributed by atoms with E-state index in [1.807, 2.05) is 0 Å². The van der Waals surface area contributed by atoms with Gasteiger partial charge in [0.05, 0.1) is 19.1 Å². The third kappa shape index (κ3) is 6.23. The number of hydrogen-bond acceptors (Lipinski definition) is 6. The first-order chi connectivity index (χ1) is 15.8. The lowest BCUT2D eigenvalue weighted by Gasteiger charge is -2.30. The SMILES string of the molecule is COc1ccc(NC(=O)CCNC(=O)C2CCN(S(=O)(=O)c3ccccc3)CC2)cc1OC. The fourth-order valence-corrected chi connectivity index (χ4v) is 5.17. The summed E-state index contributed by atoms with van der Waals surface area (Å²) in [6.45, 7) is 0.769. The van der Waals surface area contributed by atoms with E-state index in [1.54, 1.807) is 48.5 Å².